The lowest BCUT2D eigenvalue weighted by Gasteiger charge is -2.25. The van der Waals surface area contributed by atoms with E-state index in [4.69, 9.17) is 23.2 Å². The fourth-order valence-corrected chi connectivity index (χ4v) is 2.39. The zero-order valence-electron chi connectivity index (χ0n) is 12.5. The van der Waals surface area contributed by atoms with E-state index in [2.05, 4.69) is 24.5 Å². The molecule has 2 amide bonds. The van der Waals surface area contributed by atoms with Gasteiger partial charge in [0.1, 0.15) is 0 Å². The second kappa shape index (κ2) is 7.03. The summed E-state index contributed by atoms with van der Waals surface area (Å²) in [7, 11) is 0. The first-order valence-electron chi connectivity index (χ1n) is 6.94. The van der Waals surface area contributed by atoms with E-state index in [1.54, 1.807) is 18.2 Å². The van der Waals surface area contributed by atoms with Crippen molar-refractivity contribution in [3.05, 3.63) is 64.1 Å². The average molecular weight is 337 g/mol. The Morgan fingerprint density at radius 2 is 1.77 bits per heavy atom. The van der Waals surface area contributed by atoms with Crippen molar-refractivity contribution in [3.8, 4) is 0 Å². The molecule has 0 heterocycles. The Balaban J connectivity index is 1.97. The number of urea groups is 1. The van der Waals surface area contributed by atoms with Crippen molar-refractivity contribution in [2.75, 3.05) is 11.9 Å². The van der Waals surface area contributed by atoms with Crippen LogP contribution in [0.25, 0.3) is 0 Å². The molecule has 0 aliphatic rings. The van der Waals surface area contributed by atoms with E-state index in [0.717, 1.165) is 5.56 Å². The van der Waals surface area contributed by atoms with Crippen LogP contribution in [0.1, 0.15) is 19.4 Å². The first kappa shape index (κ1) is 16.7. The third-order valence-electron chi connectivity index (χ3n) is 3.42. The van der Waals surface area contributed by atoms with Gasteiger partial charge in [0.2, 0.25) is 0 Å². The van der Waals surface area contributed by atoms with Gasteiger partial charge < -0.3 is 10.6 Å². The van der Waals surface area contributed by atoms with Crippen LogP contribution in [0.3, 0.4) is 0 Å². The summed E-state index contributed by atoms with van der Waals surface area (Å²) in [4.78, 5) is 12.0. The normalized spacial score (nSPS) is 11.1. The number of benzene rings is 2. The number of amides is 2. The molecule has 0 fully saturated rings. The topological polar surface area (TPSA) is 41.1 Å². The highest BCUT2D eigenvalue weighted by atomic mass is 35.5. The lowest BCUT2D eigenvalue weighted by Crippen LogP contribution is -2.39. The number of carbonyl (C=O) groups excluding carboxylic acids is 1. The van der Waals surface area contributed by atoms with Crippen LogP contribution < -0.4 is 10.6 Å². The van der Waals surface area contributed by atoms with Crippen molar-refractivity contribution < 1.29 is 4.79 Å². The minimum absolute atomic E-state index is 0.170. The number of hydrogen-bond acceptors (Lipinski definition) is 1. The largest absolute Gasteiger partial charge is 0.337 e. The van der Waals surface area contributed by atoms with Gasteiger partial charge in [0.25, 0.3) is 0 Å². The first-order chi connectivity index (χ1) is 10.4. The van der Waals surface area contributed by atoms with Gasteiger partial charge >= 0.3 is 6.03 Å². The monoisotopic (exact) mass is 336 g/mol. The van der Waals surface area contributed by atoms with Gasteiger partial charge in [-0.05, 0) is 23.8 Å². The van der Waals surface area contributed by atoms with Gasteiger partial charge in [-0.15, -0.1) is 0 Å². The molecule has 0 aliphatic heterocycles. The van der Waals surface area contributed by atoms with E-state index < -0.39 is 0 Å². The molecule has 0 bridgehead atoms. The van der Waals surface area contributed by atoms with Gasteiger partial charge in [-0.1, -0.05) is 67.4 Å². The Morgan fingerprint density at radius 1 is 1.09 bits per heavy atom. The van der Waals surface area contributed by atoms with E-state index in [1.165, 1.54) is 0 Å². The number of hydrogen-bond donors (Lipinski definition) is 2. The third-order valence-corrected chi connectivity index (χ3v) is 3.99. The van der Waals surface area contributed by atoms with Crippen LogP contribution in [0.4, 0.5) is 10.5 Å². The molecule has 2 rings (SSSR count). The highest BCUT2D eigenvalue weighted by Crippen LogP contribution is 2.25. The SMILES string of the molecule is CC(C)(CNC(=O)Nc1cc(Cl)ccc1Cl)c1ccccc1. The molecule has 0 aliphatic carbocycles. The number of halogens is 2. The molecule has 116 valence electrons. The van der Waals surface area contributed by atoms with Crippen LogP contribution >= 0.6 is 23.2 Å². The molecule has 22 heavy (non-hydrogen) atoms. The molecular weight excluding hydrogens is 319 g/mol. The highest BCUT2D eigenvalue weighted by molar-refractivity contribution is 6.35. The fraction of sp³-hybridized carbons (Fsp3) is 0.235. The number of carbonyl (C=O) groups is 1. The predicted octanol–water partition coefficient (Wildman–Crippen LogP) is 5.09. The predicted molar refractivity (Wildman–Crippen MR) is 93.0 cm³/mol. The van der Waals surface area contributed by atoms with E-state index in [0.29, 0.717) is 22.3 Å². The van der Waals surface area contributed by atoms with Crippen LogP contribution in [0.5, 0.6) is 0 Å². The van der Waals surface area contributed by atoms with Crippen LogP contribution in [-0.2, 0) is 5.41 Å². The molecule has 0 atom stereocenters. The lowest BCUT2D eigenvalue weighted by atomic mass is 9.85. The Morgan fingerprint density at radius 3 is 2.45 bits per heavy atom. The maximum Gasteiger partial charge on any atom is 0.319 e. The van der Waals surface area contributed by atoms with Gasteiger partial charge in [-0.25, -0.2) is 4.79 Å². The Bertz CT molecular complexity index is 657. The lowest BCUT2D eigenvalue weighted by molar-refractivity contribution is 0.249. The van der Waals surface area contributed by atoms with Crippen molar-refractivity contribution in [1.29, 1.82) is 0 Å². The van der Waals surface area contributed by atoms with E-state index in [-0.39, 0.29) is 11.4 Å². The highest BCUT2D eigenvalue weighted by Gasteiger charge is 2.21. The van der Waals surface area contributed by atoms with Gasteiger partial charge in [0, 0.05) is 17.0 Å². The summed E-state index contributed by atoms with van der Waals surface area (Å²) in [6, 6.07) is 14.7. The van der Waals surface area contributed by atoms with E-state index >= 15 is 0 Å². The zero-order valence-corrected chi connectivity index (χ0v) is 14.0. The second-order valence-electron chi connectivity index (χ2n) is 5.68. The molecule has 0 spiro atoms. The van der Waals surface area contributed by atoms with Crippen molar-refractivity contribution in [1.82, 2.24) is 5.32 Å². The number of anilines is 1. The molecule has 2 aromatic carbocycles. The van der Waals surface area contributed by atoms with Crippen molar-refractivity contribution in [2.45, 2.75) is 19.3 Å². The Labute approximate surface area is 140 Å². The standard InChI is InChI=1S/C17H18Cl2N2O/c1-17(2,12-6-4-3-5-7-12)11-20-16(22)21-15-10-13(18)8-9-14(15)19/h3-10H,11H2,1-2H3,(H2,20,21,22). The Kier molecular flexibility index (Phi) is 5.33. The average Bonchev–Trinajstić information content (AvgIpc) is 2.50. The quantitative estimate of drug-likeness (QED) is 0.801. The number of nitrogens with one attached hydrogen (secondary N) is 2. The minimum Gasteiger partial charge on any atom is -0.337 e. The summed E-state index contributed by atoms with van der Waals surface area (Å²) in [5.41, 5.74) is 1.48. The van der Waals surface area contributed by atoms with Crippen LogP contribution in [0, 0.1) is 0 Å². The van der Waals surface area contributed by atoms with Crippen molar-refractivity contribution in [2.24, 2.45) is 0 Å². The van der Waals surface area contributed by atoms with Gasteiger partial charge in [0.05, 0.1) is 10.7 Å². The first-order valence-corrected chi connectivity index (χ1v) is 7.69. The maximum atomic E-state index is 12.0. The molecule has 0 radical (unpaired) electrons. The smallest absolute Gasteiger partial charge is 0.319 e. The molecular formula is C17H18Cl2N2O. The molecule has 0 saturated heterocycles. The summed E-state index contributed by atoms with van der Waals surface area (Å²) in [5, 5.41) is 6.54. The fourth-order valence-electron chi connectivity index (χ4n) is 2.05. The second-order valence-corrected chi connectivity index (χ2v) is 6.53. The van der Waals surface area contributed by atoms with Gasteiger partial charge in [-0.3, -0.25) is 0 Å². The molecule has 2 N–H and O–H groups in total. The minimum atomic E-state index is -0.312. The molecule has 0 aromatic heterocycles. The van der Waals surface area contributed by atoms with Crippen LogP contribution in [0.2, 0.25) is 10.0 Å². The molecule has 3 nitrogen and oxygen atoms in total. The summed E-state index contributed by atoms with van der Waals surface area (Å²) in [6.07, 6.45) is 0. The molecule has 0 unspecified atom stereocenters. The summed E-state index contributed by atoms with van der Waals surface area (Å²) in [6.45, 7) is 4.66. The van der Waals surface area contributed by atoms with Crippen molar-refractivity contribution in [3.63, 3.8) is 0 Å². The number of rotatable bonds is 4. The molecule has 2 aromatic rings. The maximum absolute atomic E-state index is 12.0. The van der Waals surface area contributed by atoms with E-state index in [9.17, 15) is 4.79 Å². The molecule has 0 saturated carbocycles. The van der Waals surface area contributed by atoms with Crippen molar-refractivity contribution >= 4 is 34.9 Å². The van der Waals surface area contributed by atoms with Gasteiger partial charge in [0.15, 0.2) is 0 Å². The summed E-state index contributed by atoms with van der Waals surface area (Å²) < 4.78 is 0. The van der Waals surface area contributed by atoms with Gasteiger partial charge in [-0.2, -0.15) is 0 Å². The van der Waals surface area contributed by atoms with Crippen LogP contribution in [-0.4, -0.2) is 12.6 Å². The molecule has 5 heteroatoms. The third kappa shape index (κ3) is 4.39. The van der Waals surface area contributed by atoms with Crippen LogP contribution in [0.15, 0.2) is 48.5 Å². The summed E-state index contributed by atoms with van der Waals surface area (Å²) in [5.74, 6) is 0. The van der Waals surface area contributed by atoms with E-state index in [1.807, 2.05) is 30.3 Å². The summed E-state index contributed by atoms with van der Waals surface area (Å²) >= 11 is 11.9. The zero-order chi connectivity index (χ0) is 16.2. The Hall–Kier alpha value is -1.71.